The van der Waals surface area contributed by atoms with Crippen LogP contribution < -0.4 is 5.32 Å². The third-order valence-corrected chi connectivity index (χ3v) is 1.47. The van der Waals surface area contributed by atoms with Gasteiger partial charge in [-0.05, 0) is 13.3 Å². The number of rotatable bonds is 6. The SMILES string of the molecule is C=C(C)C(=O)NCCC(=O)OCCC. The monoisotopic (exact) mass is 199 g/mol. The molecule has 0 aromatic heterocycles. The summed E-state index contributed by atoms with van der Waals surface area (Å²) in [6.07, 6.45) is 1.02. The zero-order chi connectivity index (χ0) is 11.0. The minimum Gasteiger partial charge on any atom is -0.466 e. The first kappa shape index (κ1) is 12.7. The number of hydrogen-bond donors (Lipinski definition) is 1. The molecule has 0 spiro atoms. The summed E-state index contributed by atoms with van der Waals surface area (Å²) in [5, 5.41) is 2.55. The molecule has 0 heterocycles. The van der Waals surface area contributed by atoms with Crippen LogP contribution in [-0.4, -0.2) is 25.0 Å². The maximum atomic E-state index is 11.0. The van der Waals surface area contributed by atoms with Crippen molar-refractivity contribution in [2.45, 2.75) is 26.7 Å². The van der Waals surface area contributed by atoms with E-state index < -0.39 is 0 Å². The molecular weight excluding hydrogens is 182 g/mol. The zero-order valence-corrected chi connectivity index (χ0v) is 8.76. The Morgan fingerprint density at radius 2 is 2.07 bits per heavy atom. The van der Waals surface area contributed by atoms with Gasteiger partial charge in [0, 0.05) is 12.1 Å². The van der Waals surface area contributed by atoms with Crippen LogP contribution in [0.4, 0.5) is 0 Å². The molecule has 0 atom stereocenters. The lowest BCUT2D eigenvalue weighted by molar-refractivity contribution is -0.143. The minimum atomic E-state index is -0.283. The van der Waals surface area contributed by atoms with Gasteiger partial charge in [0.2, 0.25) is 5.91 Å². The molecule has 0 bridgehead atoms. The molecule has 4 nitrogen and oxygen atoms in total. The highest BCUT2D eigenvalue weighted by molar-refractivity contribution is 5.92. The highest BCUT2D eigenvalue weighted by Gasteiger charge is 2.04. The number of carbonyl (C=O) groups is 2. The van der Waals surface area contributed by atoms with Gasteiger partial charge >= 0.3 is 5.97 Å². The molecule has 4 heteroatoms. The van der Waals surface area contributed by atoms with E-state index in [0.29, 0.717) is 18.7 Å². The molecule has 0 saturated heterocycles. The standard InChI is InChI=1S/C10H17NO3/c1-4-7-14-9(12)5-6-11-10(13)8(2)3/h2,4-7H2,1,3H3,(H,11,13). The van der Waals surface area contributed by atoms with E-state index in [1.54, 1.807) is 6.92 Å². The Kier molecular flexibility index (Phi) is 6.45. The van der Waals surface area contributed by atoms with E-state index in [-0.39, 0.29) is 18.3 Å². The summed E-state index contributed by atoms with van der Waals surface area (Å²) in [6.45, 7) is 7.75. The smallest absolute Gasteiger partial charge is 0.307 e. The third kappa shape index (κ3) is 6.22. The fraction of sp³-hybridized carbons (Fsp3) is 0.600. The molecular formula is C10H17NO3. The molecule has 14 heavy (non-hydrogen) atoms. The average Bonchev–Trinajstić information content (AvgIpc) is 2.14. The van der Waals surface area contributed by atoms with Gasteiger partial charge in [0.15, 0.2) is 0 Å². The Hall–Kier alpha value is -1.32. The molecule has 1 N–H and O–H groups in total. The van der Waals surface area contributed by atoms with Crippen molar-refractivity contribution >= 4 is 11.9 Å². The quantitative estimate of drug-likeness (QED) is 0.513. The van der Waals surface area contributed by atoms with E-state index in [4.69, 9.17) is 4.74 Å². The van der Waals surface area contributed by atoms with E-state index in [1.165, 1.54) is 0 Å². The van der Waals surface area contributed by atoms with Crippen LogP contribution in [0.2, 0.25) is 0 Å². The van der Waals surface area contributed by atoms with Gasteiger partial charge < -0.3 is 10.1 Å². The first-order valence-electron chi connectivity index (χ1n) is 4.67. The van der Waals surface area contributed by atoms with E-state index >= 15 is 0 Å². The van der Waals surface area contributed by atoms with Crippen LogP contribution in [0.5, 0.6) is 0 Å². The number of nitrogens with one attached hydrogen (secondary N) is 1. The molecule has 0 aromatic rings. The molecule has 0 aromatic carbocycles. The highest BCUT2D eigenvalue weighted by Crippen LogP contribution is 1.89. The van der Waals surface area contributed by atoms with Crippen molar-refractivity contribution in [3.05, 3.63) is 12.2 Å². The maximum Gasteiger partial charge on any atom is 0.307 e. The summed E-state index contributed by atoms with van der Waals surface area (Å²) >= 11 is 0. The molecule has 0 fully saturated rings. The van der Waals surface area contributed by atoms with Gasteiger partial charge in [-0.25, -0.2) is 0 Å². The van der Waals surface area contributed by atoms with E-state index in [1.807, 2.05) is 6.92 Å². The second kappa shape index (κ2) is 7.12. The number of carbonyl (C=O) groups excluding carboxylic acids is 2. The summed E-state index contributed by atoms with van der Waals surface area (Å²) in [7, 11) is 0. The van der Waals surface area contributed by atoms with Crippen LogP contribution in [-0.2, 0) is 14.3 Å². The average molecular weight is 199 g/mol. The topological polar surface area (TPSA) is 55.4 Å². The molecule has 0 unspecified atom stereocenters. The van der Waals surface area contributed by atoms with Crippen molar-refractivity contribution in [1.29, 1.82) is 0 Å². The Morgan fingerprint density at radius 3 is 2.57 bits per heavy atom. The number of ether oxygens (including phenoxy) is 1. The lowest BCUT2D eigenvalue weighted by Crippen LogP contribution is -2.26. The van der Waals surface area contributed by atoms with Crippen LogP contribution in [0.15, 0.2) is 12.2 Å². The van der Waals surface area contributed by atoms with E-state index in [0.717, 1.165) is 6.42 Å². The van der Waals surface area contributed by atoms with Gasteiger partial charge in [-0.15, -0.1) is 0 Å². The molecule has 0 aliphatic heterocycles. The second-order valence-corrected chi connectivity index (χ2v) is 3.01. The second-order valence-electron chi connectivity index (χ2n) is 3.01. The first-order chi connectivity index (χ1) is 6.57. The summed E-state index contributed by atoms with van der Waals surface area (Å²) in [5.74, 6) is -0.512. The predicted octanol–water partition coefficient (Wildman–Crippen LogP) is 1.02. The number of amides is 1. The fourth-order valence-electron chi connectivity index (χ4n) is 0.717. The van der Waals surface area contributed by atoms with Crippen molar-refractivity contribution in [2.75, 3.05) is 13.2 Å². The number of esters is 1. The van der Waals surface area contributed by atoms with Crippen molar-refractivity contribution in [3.63, 3.8) is 0 Å². The van der Waals surface area contributed by atoms with Crippen LogP contribution in [0.25, 0.3) is 0 Å². The molecule has 0 aliphatic carbocycles. The molecule has 1 amide bonds. The predicted molar refractivity (Wildman–Crippen MR) is 53.7 cm³/mol. The lowest BCUT2D eigenvalue weighted by atomic mass is 10.3. The van der Waals surface area contributed by atoms with Gasteiger partial charge in [-0.1, -0.05) is 13.5 Å². The summed E-state index contributed by atoms with van der Waals surface area (Å²) in [4.78, 5) is 21.9. The molecule has 0 radical (unpaired) electrons. The van der Waals surface area contributed by atoms with E-state index in [9.17, 15) is 9.59 Å². The normalized spacial score (nSPS) is 9.29. The fourth-order valence-corrected chi connectivity index (χ4v) is 0.717. The highest BCUT2D eigenvalue weighted by atomic mass is 16.5. The minimum absolute atomic E-state index is 0.207. The first-order valence-corrected chi connectivity index (χ1v) is 4.67. The zero-order valence-electron chi connectivity index (χ0n) is 8.76. The maximum absolute atomic E-state index is 11.0. The van der Waals surface area contributed by atoms with Gasteiger partial charge in [-0.3, -0.25) is 9.59 Å². The summed E-state index contributed by atoms with van der Waals surface area (Å²) in [6, 6.07) is 0. The van der Waals surface area contributed by atoms with Crippen LogP contribution in [0.1, 0.15) is 26.7 Å². The molecule has 80 valence electrons. The van der Waals surface area contributed by atoms with Crippen LogP contribution in [0.3, 0.4) is 0 Å². The molecule has 0 saturated carbocycles. The van der Waals surface area contributed by atoms with E-state index in [2.05, 4.69) is 11.9 Å². The number of hydrogen-bond acceptors (Lipinski definition) is 3. The Labute approximate surface area is 84.3 Å². The summed E-state index contributed by atoms with van der Waals surface area (Å²) < 4.78 is 4.82. The van der Waals surface area contributed by atoms with Crippen LogP contribution in [0, 0.1) is 0 Å². The Bertz CT molecular complexity index is 223. The van der Waals surface area contributed by atoms with Crippen molar-refractivity contribution in [3.8, 4) is 0 Å². The van der Waals surface area contributed by atoms with Crippen molar-refractivity contribution < 1.29 is 14.3 Å². The lowest BCUT2D eigenvalue weighted by Gasteiger charge is -2.04. The third-order valence-electron chi connectivity index (χ3n) is 1.47. The van der Waals surface area contributed by atoms with Gasteiger partial charge in [0.05, 0.1) is 13.0 Å². The van der Waals surface area contributed by atoms with Crippen molar-refractivity contribution in [2.24, 2.45) is 0 Å². The van der Waals surface area contributed by atoms with Crippen LogP contribution >= 0.6 is 0 Å². The van der Waals surface area contributed by atoms with Gasteiger partial charge in [-0.2, -0.15) is 0 Å². The largest absolute Gasteiger partial charge is 0.466 e. The summed E-state index contributed by atoms with van der Waals surface area (Å²) in [5.41, 5.74) is 0.437. The van der Waals surface area contributed by atoms with Crippen molar-refractivity contribution in [1.82, 2.24) is 5.32 Å². The molecule has 0 rings (SSSR count). The molecule has 0 aliphatic rings. The van der Waals surface area contributed by atoms with Gasteiger partial charge in [0.25, 0.3) is 0 Å². The Balaban J connectivity index is 3.49. The van der Waals surface area contributed by atoms with Gasteiger partial charge in [0.1, 0.15) is 0 Å². The Morgan fingerprint density at radius 1 is 1.43 bits per heavy atom.